The zero-order chi connectivity index (χ0) is 22.1. The molecule has 0 aliphatic rings. The molecule has 5 heteroatoms. The number of unbranched alkanes of at least 4 members (excludes halogenated alkanes) is 4. The molecule has 3 aromatic rings. The van der Waals surface area contributed by atoms with Gasteiger partial charge in [-0.05, 0) is 36.6 Å². The molecule has 0 bridgehead atoms. The topological polar surface area (TPSA) is 72.3 Å². The van der Waals surface area contributed by atoms with E-state index < -0.39 is 11.9 Å². The summed E-state index contributed by atoms with van der Waals surface area (Å²) in [6.45, 7) is 4.65. The Morgan fingerprint density at radius 1 is 0.871 bits per heavy atom. The van der Waals surface area contributed by atoms with E-state index in [0.717, 1.165) is 41.0 Å². The van der Waals surface area contributed by atoms with Gasteiger partial charge in [-0.2, -0.15) is 0 Å². The third kappa shape index (κ3) is 6.38. The maximum absolute atomic E-state index is 11.1. The van der Waals surface area contributed by atoms with E-state index in [0.29, 0.717) is 5.82 Å². The largest absolute Gasteiger partial charge is 0.494 e. The quantitative estimate of drug-likeness (QED) is 0.367. The number of carboxylic acid groups (broad SMARTS) is 1. The molecule has 0 spiro atoms. The molecule has 1 unspecified atom stereocenters. The highest BCUT2D eigenvalue weighted by Gasteiger charge is 2.13. The van der Waals surface area contributed by atoms with Crippen LogP contribution in [0.3, 0.4) is 0 Å². The van der Waals surface area contributed by atoms with Crippen LogP contribution in [0.1, 0.15) is 57.4 Å². The van der Waals surface area contributed by atoms with Gasteiger partial charge in [0.05, 0.1) is 12.5 Å². The van der Waals surface area contributed by atoms with Crippen molar-refractivity contribution in [2.24, 2.45) is 0 Å². The van der Waals surface area contributed by atoms with E-state index >= 15 is 0 Å². The molecule has 5 nitrogen and oxygen atoms in total. The lowest BCUT2D eigenvalue weighted by molar-refractivity contribution is -0.138. The van der Waals surface area contributed by atoms with Crippen LogP contribution in [0.2, 0.25) is 0 Å². The van der Waals surface area contributed by atoms with Crippen LogP contribution in [0.15, 0.2) is 60.9 Å². The number of rotatable bonds is 11. The SMILES string of the molecule is CCCCCCCOc1ccc(-c2cnc(-c3ccc(C(C)C(=O)O)cc3)nc2)cc1. The summed E-state index contributed by atoms with van der Waals surface area (Å²) < 4.78 is 5.83. The summed E-state index contributed by atoms with van der Waals surface area (Å²) in [6, 6.07) is 15.4. The molecule has 162 valence electrons. The summed E-state index contributed by atoms with van der Waals surface area (Å²) >= 11 is 0. The average Bonchev–Trinajstić information content (AvgIpc) is 2.81. The van der Waals surface area contributed by atoms with Gasteiger partial charge in [0.25, 0.3) is 0 Å². The normalized spacial score (nSPS) is 11.8. The fourth-order valence-electron chi connectivity index (χ4n) is 3.33. The summed E-state index contributed by atoms with van der Waals surface area (Å²) in [6.07, 6.45) is 9.75. The van der Waals surface area contributed by atoms with Crippen molar-refractivity contribution in [3.8, 4) is 28.3 Å². The Labute approximate surface area is 184 Å². The zero-order valence-corrected chi connectivity index (χ0v) is 18.3. The lowest BCUT2D eigenvalue weighted by Gasteiger charge is -2.09. The van der Waals surface area contributed by atoms with E-state index in [-0.39, 0.29) is 0 Å². The molecule has 0 saturated heterocycles. The van der Waals surface area contributed by atoms with Crippen molar-refractivity contribution in [3.05, 3.63) is 66.5 Å². The van der Waals surface area contributed by atoms with Crippen molar-refractivity contribution in [1.29, 1.82) is 0 Å². The maximum Gasteiger partial charge on any atom is 0.310 e. The molecule has 1 N–H and O–H groups in total. The smallest absolute Gasteiger partial charge is 0.310 e. The first-order valence-corrected chi connectivity index (χ1v) is 11.0. The number of aliphatic carboxylic acids is 1. The van der Waals surface area contributed by atoms with Crippen molar-refractivity contribution in [2.75, 3.05) is 6.61 Å². The molecule has 1 heterocycles. The number of aromatic nitrogens is 2. The van der Waals surface area contributed by atoms with Gasteiger partial charge < -0.3 is 9.84 Å². The van der Waals surface area contributed by atoms with Crippen molar-refractivity contribution in [1.82, 2.24) is 9.97 Å². The molecule has 0 saturated carbocycles. The van der Waals surface area contributed by atoms with E-state index in [1.165, 1.54) is 25.7 Å². The van der Waals surface area contributed by atoms with Gasteiger partial charge in [-0.25, -0.2) is 9.97 Å². The molecule has 3 rings (SSSR count). The predicted octanol–water partition coefficient (Wildman–Crippen LogP) is 6.35. The highest BCUT2D eigenvalue weighted by atomic mass is 16.5. The second-order valence-corrected chi connectivity index (χ2v) is 7.76. The monoisotopic (exact) mass is 418 g/mol. The second-order valence-electron chi connectivity index (χ2n) is 7.76. The van der Waals surface area contributed by atoms with Crippen LogP contribution in [0, 0.1) is 0 Å². The van der Waals surface area contributed by atoms with E-state index in [1.807, 2.05) is 48.5 Å². The van der Waals surface area contributed by atoms with Crippen LogP contribution < -0.4 is 4.74 Å². The van der Waals surface area contributed by atoms with Gasteiger partial charge in [0.2, 0.25) is 0 Å². The minimum atomic E-state index is -0.836. The molecule has 0 aliphatic carbocycles. The van der Waals surface area contributed by atoms with Crippen molar-refractivity contribution in [2.45, 2.75) is 51.9 Å². The number of benzene rings is 2. The third-order valence-corrected chi connectivity index (χ3v) is 5.40. The molecule has 0 aliphatic heterocycles. The van der Waals surface area contributed by atoms with Crippen molar-refractivity contribution in [3.63, 3.8) is 0 Å². The van der Waals surface area contributed by atoms with Gasteiger partial charge in [-0.1, -0.05) is 69.0 Å². The lowest BCUT2D eigenvalue weighted by Crippen LogP contribution is -2.07. The Morgan fingerprint density at radius 3 is 2.10 bits per heavy atom. The Hall–Kier alpha value is -3.21. The fourth-order valence-corrected chi connectivity index (χ4v) is 3.33. The summed E-state index contributed by atoms with van der Waals surface area (Å²) in [5, 5.41) is 9.13. The first-order valence-electron chi connectivity index (χ1n) is 11.0. The van der Waals surface area contributed by atoms with Gasteiger partial charge >= 0.3 is 5.97 Å². The van der Waals surface area contributed by atoms with E-state index in [1.54, 1.807) is 19.3 Å². The Balaban J connectivity index is 1.58. The molecule has 0 radical (unpaired) electrons. The Kier molecular flexibility index (Phi) is 8.16. The van der Waals surface area contributed by atoms with Crippen LogP contribution in [-0.4, -0.2) is 27.7 Å². The van der Waals surface area contributed by atoms with Crippen LogP contribution in [0.4, 0.5) is 0 Å². The standard InChI is InChI=1S/C26H30N2O3/c1-3-4-5-6-7-16-31-24-14-12-21(13-15-24)23-17-27-25(28-18-23)22-10-8-20(9-11-22)19(2)26(29)30/h8-15,17-19H,3-7,16H2,1-2H3,(H,29,30). The van der Waals surface area contributed by atoms with Crippen LogP contribution in [0.5, 0.6) is 5.75 Å². The molecule has 2 aromatic carbocycles. The average molecular weight is 419 g/mol. The fraction of sp³-hybridized carbons (Fsp3) is 0.346. The highest BCUT2D eigenvalue weighted by Crippen LogP contribution is 2.24. The van der Waals surface area contributed by atoms with Crippen molar-refractivity contribution >= 4 is 5.97 Å². The summed E-state index contributed by atoms with van der Waals surface area (Å²) in [7, 11) is 0. The van der Waals surface area contributed by atoms with E-state index in [9.17, 15) is 4.79 Å². The predicted molar refractivity (Wildman–Crippen MR) is 123 cm³/mol. The number of carbonyl (C=O) groups is 1. The molecule has 0 amide bonds. The van der Waals surface area contributed by atoms with Crippen LogP contribution in [-0.2, 0) is 4.79 Å². The minimum absolute atomic E-state index is 0.537. The second kappa shape index (κ2) is 11.3. The van der Waals surface area contributed by atoms with Gasteiger partial charge in [-0.15, -0.1) is 0 Å². The third-order valence-electron chi connectivity index (χ3n) is 5.40. The van der Waals surface area contributed by atoms with Crippen LogP contribution >= 0.6 is 0 Å². The van der Waals surface area contributed by atoms with Gasteiger partial charge in [0.1, 0.15) is 5.75 Å². The zero-order valence-electron chi connectivity index (χ0n) is 18.3. The summed E-state index contributed by atoms with van der Waals surface area (Å²) in [5.74, 6) is 0.121. The summed E-state index contributed by atoms with van der Waals surface area (Å²) in [5.41, 5.74) is 3.59. The van der Waals surface area contributed by atoms with Gasteiger partial charge in [0.15, 0.2) is 5.82 Å². The lowest BCUT2D eigenvalue weighted by atomic mass is 10.00. The summed E-state index contributed by atoms with van der Waals surface area (Å²) in [4.78, 5) is 20.1. The minimum Gasteiger partial charge on any atom is -0.494 e. The molecular formula is C26H30N2O3. The van der Waals surface area contributed by atoms with Gasteiger partial charge in [0, 0.05) is 23.5 Å². The molecule has 1 atom stereocenters. The number of hydrogen-bond donors (Lipinski definition) is 1. The first kappa shape index (κ1) is 22.5. The number of ether oxygens (including phenoxy) is 1. The first-order chi connectivity index (χ1) is 15.1. The number of hydrogen-bond acceptors (Lipinski definition) is 4. The van der Waals surface area contributed by atoms with E-state index in [2.05, 4.69) is 16.9 Å². The molecular weight excluding hydrogens is 388 g/mol. The molecule has 31 heavy (non-hydrogen) atoms. The Bertz CT molecular complexity index is 951. The van der Waals surface area contributed by atoms with E-state index in [4.69, 9.17) is 9.84 Å². The number of carboxylic acids is 1. The van der Waals surface area contributed by atoms with Crippen LogP contribution in [0.25, 0.3) is 22.5 Å². The highest BCUT2D eigenvalue weighted by molar-refractivity contribution is 5.76. The van der Waals surface area contributed by atoms with Crippen molar-refractivity contribution < 1.29 is 14.6 Å². The molecule has 1 aromatic heterocycles. The van der Waals surface area contributed by atoms with Gasteiger partial charge in [-0.3, -0.25) is 4.79 Å². The number of nitrogens with zero attached hydrogens (tertiary/aromatic N) is 2. The maximum atomic E-state index is 11.1. The Morgan fingerprint density at radius 2 is 1.48 bits per heavy atom. The molecule has 0 fully saturated rings.